The lowest BCUT2D eigenvalue weighted by atomic mass is 10.0. The van der Waals surface area contributed by atoms with E-state index in [0.29, 0.717) is 0 Å². The third kappa shape index (κ3) is 4.91. The molecule has 34 heavy (non-hydrogen) atoms. The molecule has 8 bridgehead atoms. The smallest absolute Gasteiger partial charge is 0.0691 e. The van der Waals surface area contributed by atoms with Crippen LogP contribution in [0.4, 0.5) is 0 Å². The average molecular weight is 451 g/mol. The van der Waals surface area contributed by atoms with Gasteiger partial charge in [0.15, 0.2) is 0 Å². The zero-order valence-electron chi connectivity index (χ0n) is 20.3. The number of hydrogen-bond acceptors (Lipinski definition) is 2. The number of rotatable bonds is 8. The van der Waals surface area contributed by atoms with Gasteiger partial charge in [-0.25, -0.2) is 9.97 Å². The van der Waals surface area contributed by atoms with E-state index in [1.165, 1.54) is 55.2 Å². The topological polar surface area (TPSA) is 57.4 Å². The highest BCUT2D eigenvalue weighted by Crippen LogP contribution is 2.26. The van der Waals surface area contributed by atoms with Crippen molar-refractivity contribution in [1.29, 1.82) is 0 Å². The minimum absolute atomic E-state index is 0.897. The maximum Gasteiger partial charge on any atom is 0.0691 e. The Morgan fingerprint density at radius 3 is 2.09 bits per heavy atom. The lowest BCUT2D eigenvalue weighted by molar-refractivity contribution is 0.607. The summed E-state index contributed by atoms with van der Waals surface area (Å²) in [6, 6.07) is 12.8. The molecule has 4 nitrogen and oxygen atoms in total. The summed E-state index contributed by atoms with van der Waals surface area (Å²) in [4.78, 5) is 17.2. The van der Waals surface area contributed by atoms with Gasteiger partial charge in [0.05, 0.1) is 22.8 Å². The van der Waals surface area contributed by atoms with Gasteiger partial charge in [0.1, 0.15) is 0 Å². The molecule has 0 amide bonds. The normalized spacial score (nSPS) is 12.5. The first-order chi connectivity index (χ1) is 16.7. The van der Waals surface area contributed by atoms with Crippen molar-refractivity contribution in [2.24, 2.45) is 0 Å². The Bertz CT molecular complexity index is 1380. The van der Waals surface area contributed by atoms with Crippen molar-refractivity contribution >= 4 is 46.4 Å². The summed E-state index contributed by atoms with van der Waals surface area (Å²) >= 11 is 0. The van der Waals surface area contributed by atoms with Gasteiger partial charge in [-0.15, -0.1) is 0 Å². The molecule has 0 saturated carbocycles. The van der Waals surface area contributed by atoms with Crippen LogP contribution in [0.25, 0.3) is 46.4 Å². The highest BCUT2D eigenvalue weighted by molar-refractivity contribution is 5.81. The van der Waals surface area contributed by atoms with E-state index in [9.17, 15) is 0 Å². The Hall–Kier alpha value is -3.40. The molecule has 3 aromatic heterocycles. The fourth-order valence-corrected chi connectivity index (χ4v) is 4.90. The molecule has 174 valence electrons. The number of hydrogen-bond donors (Lipinski definition) is 2. The molecule has 0 aliphatic carbocycles. The first-order valence-corrected chi connectivity index (χ1v) is 12.8. The van der Waals surface area contributed by atoms with Crippen LogP contribution in [0.15, 0.2) is 36.4 Å². The zero-order chi connectivity index (χ0) is 23.3. The third-order valence-electron chi connectivity index (χ3n) is 6.74. The second-order valence-electron chi connectivity index (χ2n) is 9.28. The van der Waals surface area contributed by atoms with Crippen LogP contribution >= 0.6 is 0 Å². The standard InChI is InChI=1S/C30H34N4/c1-3-5-6-7-8-9-10-26-29-16-14-24(33-29)20-22-12-11-21(31-22)19-23-13-15-27(32-23)25(4-2)28-17-18-30(26)34-28/h11-20,31,33H,3-10H2,1-2H3. The van der Waals surface area contributed by atoms with Gasteiger partial charge in [0.25, 0.3) is 0 Å². The molecule has 5 rings (SSSR count). The molecular weight excluding hydrogens is 416 g/mol. The van der Waals surface area contributed by atoms with Gasteiger partial charge in [-0.05, 0) is 80.0 Å². The lowest BCUT2D eigenvalue weighted by Crippen LogP contribution is -1.94. The molecule has 2 aliphatic rings. The Labute approximate surface area is 201 Å². The zero-order valence-corrected chi connectivity index (χ0v) is 20.3. The van der Waals surface area contributed by atoms with Crippen molar-refractivity contribution in [3.05, 3.63) is 70.3 Å². The number of aryl methyl sites for hydroxylation is 1. The summed E-state index contributed by atoms with van der Waals surface area (Å²) in [7, 11) is 0. The van der Waals surface area contributed by atoms with Crippen molar-refractivity contribution in [2.45, 2.75) is 65.2 Å². The van der Waals surface area contributed by atoms with Gasteiger partial charge in [-0.3, -0.25) is 0 Å². The molecule has 0 atom stereocenters. The number of fused-ring (bicyclic) bond motifs is 8. The summed E-state index contributed by atoms with van der Waals surface area (Å²) in [5.41, 5.74) is 11.0. The highest BCUT2D eigenvalue weighted by Gasteiger charge is 2.13. The Kier molecular flexibility index (Phi) is 6.75. The molecule has 0 fully saturated rings. The van der Waals surface area contributed by atoms with Gasteiger partial charge >= 0.3 is 0 Å². The van der Waals surface area contributed by atoms with Crippen LogP contribution in [0.2, 0.25) is 0 Å². The molecule has 0 unspecified atom stereocenters. The van der Waals surface area contributed by atoms with Crippen molar-refractivity contribution in [3.8, 4) is 0 Å². The minimum Gasteiger partial charge on any atom is -0.355 e. The number of nitrogens with one attached hydrogen (secondary N) is 2. The summed E-state index contributed by atoms with van der Waals surface area (Å²) < 4.78 is 0. The number of H-pyrrole nitrogens is 2. The molecule has 0 spiro atoms. The van der Waals surface area contributed by atoms with Crippen LogP contribution in [0.1, 0.15) is 86.3 Å². The van der Waals surface area contributed by atoms with E-state index in [0.717, 1.165) is 52.2 Å². The van der Waals surface area contributed by atoms with Gasteiger partial charge in [0, 0.05) is 33.2 Å². The van der Waals surface area contributed by atoms with Crippen molar-refractivity contribution in [1.82, 2.24) is 19.9 Å². The highest BCUT2D eigenvalue weighted by atomic mass is 14.8. The van der Waals surface area contributed by atoms with Gasteiger partial charge in [0.2, 0.25) is 0 Å². The summed E-state index contributed by atoms with van der Waals surface area (Å²) in [5, 5.41) is 0. The number of aromatic nitrogens is 4. The maximum atomic E-state index is 5.12. The van der Waals surface area contributed by atoms with Crippen LogP contribution in [0.3, 0.4) is 0 Å². The molecule has 2 aliphatic heterocycles. The first kappa shape index (κ1) is 22.4. The van der Waals surface area contributed by atoms with E-state index < -0.39 is 0 Å². The molecule has 0 saturated heterocycles. The second-order valence-corrected chi connectivity index (χ2v) is 9.28. The van der Waals surface area contributed by atoms with E-state index in [2.05, 4.69) is 84.5 Å². The molecule has 2 N–H and O–H groups in total. The minimum atomic E-state index is 0.897. The SMILES string of the molecule is CCCCCCCCc1c2nc(c(CC)c3nc(cc4ccc(cc5ccc1[nH]5)[nH]4)C=C3)C=C2. The fraction of sp³-hybridized carbons (Fsp3) is 0.333. The van der Waals surface area contributed by atoms with E-state index in [1.54, 1.807) is 0 Å². The van der Waals surface area contributed by atoms with Crippen molar-refractivity contribution < 1.29 is 0 Å². The fourth-order valence-electron chi connectivity index (χ4n) is 4.90. The summed E-state index contributed by atoms with van der Waals surface area (Å²) in [6.07, 6.45) is 18.2. The van der Waals surface area contributed by atoms with Crippen LogP contribution < -0.4 is 0 Å². The third-order valence-corrected chi connectivity index (χ3v) is 6.74. The average Bonchev–Trinajstić information content (AvgIpc) is 3.63. The molecule has 0 aromatic carbocycles. The lowest BCUT2D eigenvalue weighted by Gasteiger charge is -2.04. The predicted molar refractivity (Wildman–Crippen MR) is 145 cm³/mol. The largest absolute Gasteiger partial charge is 0.355 e. The molecule has 3 aromatic rings. The Balaban J connectivity index is 1.66. The second kappa shape index (κ2) is 10.3. The number of nitrogens with zero attached hydrogens (tertiary/aromatic N) is 2. The van der Waals surface area contributed by atoms with Gasteiger partial charge in [-0.2, -0.15) is 0 Å². The van der Waals surface area contributed by atoms with Crippen molar-refractivity contribution in [2.75, 3.05) is 0 Å². The molecule has 5 heterocycles. The van der Waals surface area contributed by atoms with Crippen LogP contribution in [0, 0.1) is 0 Å². The van der Waals surface area contributed by atoms with Crippen LogP contribution in [-0.4, -0.2) is 19.9 Å². The molecule has 0 radical (unpaired) electrons. The van der Waals surface area contributed by atoms with E-state index in [-0.39, 0.29) is 0 Å². The number of unbranched alkanes of at least 4 members (excludes halogenated alkanes) is 5. The summed E-state index contributed by atoms with van der Waals surface area (Å²) in [6.45, 7) is 4.46. The molecule has 4 heteroatoms. The first-order valence-electron chi connectivity index (χ1n) is 12.8. The van der Waals surface area contributed by atoms with Gasteiger partial charge < -0.3 is 9.97 Å². The van der Waals surface area contributed by atoms with Crippen molar-refractivity contribution in [3.63, 3.8) is 0 Å². The summed E-state index contributed by atoms with van der Waals surface area (Å²) in [5.74, 6) is 0. The Morgan fingerprint density at radius 2 is 1.26 bits per heavy atom. The van der Waals surface area contributed by atoms with Crippen LogP contribution in [-0.2, 0) is 12.8 Å². The Morgan fingerprint density at radius 1 is 0.618 bits per heavy atom. The van der Waals surface area contributed by atoms with Gasteiger partial charge in [-0.1, -0.05) is 46.0 Å². The van der Waals surface area contributed by atoms with E-state index in [4.69, 9.17) is 9.97 Å². The maximum absolute atomic E-state index is 5.12. The van der Waals surface area contributed by atoms with E-state index >= 15 is 0 Å². The quantitative estimate of drug-likeness (QED) is 0.234. The number of aromatic amines is 2. The predicted octanol–water partition coefficient (Wildman–Crippen LogP) is 8.12. The monoisotopic (exact) mass is 450 g/mol. The van der Waals surface area contributed by atoms with Crippen LogP contribution in [0.5, 0.6) is 0 Å². The molecular formula is C30H34N4. The van der Waals surface area contributed by atoms with E-state index in [1.807, 2.05) is 0 Å².